The van der Waals surface area contributed by atoms with Crippen LogP contribution in [0.25, 0.3) is 0 Å². The first-order valence-electron chi connectivity index (χ1n) is 9.44. The summed E-state index contributed by atoms with van der Waals surface area (Å²) >= 11 is 3.19. The van der Waals surface area contributed by atoms with Gasteiger partial charge in [-0.1, -0.05) is 53.8 Å². The Kier molecular flexibility index (Phi) is 8.10. The van der Waals surface area contributed by atoms with E-state index in [1.54, 1.807) is 19.9 Å². The van der Waals surface area contributed by atoms with E-state index in [4.69, 9.17) is 4.74 Å². The van der Waals surface area contributed by atoms with Crippen LogP contribution in [-0.2, 0) is 19.9 Å². The molecule has 2 N–H and O–H groups in total. The van der Waals surface area contributed by atoms with E-state index in [2.05, 4.69) is 38.4 Å². The number of cyclic esters (lactones) is 1. The molecule has 1 aliphatic heterocycles. The molecule has 31 heavy (non-hydrogen) atoms. The minimum Gasteiger partial charge on any atom is -0.452 e. The van der Waals surface area contributed by atoms with Gasteiger partial charge in [0.1, 0.15) is 6.04 Å². The summed E-state index contributed by atoms with van der Waals surface area (Å²) in [6.45, 7) is 2.92. The zero-order valence-electron chi connectivity index (χ0n) is 16.8. The Bertz CT molecular complexity index is 916. The number of ether oxygens (including phenoxy) is 1. The molecule has 0 aromatic heterocycles. The fourth-order valence-electron chi connectivity index (χ4n) is 3.08. The molecule has 0 saturated carbocycles. The predicted octanol–water partition coefficient (Wildman–Crippen LogP) is 3.17. The van der Waals surface area contributed by atoms with Crippen LogP contribution >= 0.6 is 15.9 Å². The number of nitriles is 1. The Morgan fingerprint density at radius 1 is 1.32 bits per heavy atom. The number of alkyl halides is 3. The molecule has 0 radical (unpaired) electrons. The highest BCUT2D eigenvalue weighted by Gasteiger charge is 2.57. The number of nitrogens with zero attached hydrogens (tertiary/aromatic N) is 1. The first kappa shape index (κ1) is 24.7. The van der Waals surface area contributed by atoms with Crippen molar-refractivity contribution >= 4 is 27.8 Å². The average molecular weight is 500 g/mol. The lowest BCUT2D eigenvalue weighted by molar-refractivity contribution is -0.185. The van der Waals surface area contributed by atoms with Gasteiger partial charge in [-0.3, -0.25) is 14.9 Å². The average Bonchev–Trinajstić information content (AvgIpc) is 2.67. The molecule has 0 fully saturated rings. The lowest BCUT2D eigenvalue weighted by atomic mass is 9.87. The third-order valence-electron chi connectivity index (χ3n) is 4.54. The topological polar surface area (TPSA) is 91.2 Å². The first-order chi connectivity index (χ1) is 14.5. The summed E-state index contributed by atoms with van der Waals surface area (Å²) in [5.41, 5.74) is -3.13. The number of rotatable bonds is 3. The molecule has 0 unspecified atom stereocenters. The normalized spacial score (nSPS) is 25.2. The summed E-state index contributed by atoms with van der Waals surface area (Å²) in [7, 11) is 0. The van der Waals surface area contributed by atoms with E-state index in [1.807, 2.05) is 0 Å². The predicted molar refractivity (Wildman–Crippen MR) is 109 cm³/mol. The molecule has 1 amide bonds. The number of hydrogen-bond acceptors (Lipinski definition) is 5. The van der Waals surface area contributed by atoms with E-state index >= 15 is 0 Å². The van der Waals surface area contributed by atoms with Crippen LogP contribution in [0.2, 0.25) is 0 Å². The lowest BCUT2D eigenvalue weighted by Gasteiger charge is -2.36. The summed E-state index contributed by atoms with van der Waals surface area (Å²) in [6.07, 6.45) is -5.31. The number of hydrogen-bond donors (Lipinski definition) is 2. The third-order valence-corrected chi connectivity index (χ3v) is 5.07. The van der Waals surface area contributed by atoms with Crippen molar-refractivity contribution in [3.8, 4) is 17.9 Å². The van der Waals surface area contributed by atoms with Crippen molar-refractivity contribution in [3.05, 3.63) is 34.3 Å². The highest BCUT2D eigenvalue weighted by atomic mass is 79.9. The molecule has 10 heteroatoms. The van der Waals surface area contributed by atoms with Crippen molar-refractivity contribution in [2.75, 3.05) is 6.61 Å². The number of carbonyl (C=O) groups is 2. The minimum atomic E-state index is -4.92. The minimum absolute atomic E-state index is 0.0461. The Labute approximate surface area is 186 Å². The van der Waals surface area contributed by atoms with Gasteiger partial charge in [0.05, 0.1) is 18.5 Å². The van der Waals surface area contributed by atoms with E-state index in [0.717, 1.165) is 0 Å². The fourth-order valence-corrected chi connectivity index (χ4v) is 3.35. The summed E-state index contributed by atoms with van der Waals surface area (Å²) < 4.78 is 48.9. The van der Waals surface area contributed by atoms with Gasteiger partial charge >= 0.3 is 12.1 Å². The summed E-state index contributed by atoms with van der Waals surface area (Å²) in [4.78, 5) is 24.7. The third kappa shape index (κ3) is 6.22. The summed E-state index contributed by atoms with van der Waals surface area (Å²) in [6, 6.07) is 4.56. The molecule has 1 aromatic carbocycles. The Morgan fingerprint density at radius 3 is 2.52 bits per heavy atom. The van der Waals surface area contributed by atoms with Crippen molar-refractivity contribution in [3.63, 3.8) is 0 Å². The maximum absolute atomic E-state index is 14.5. The van der Waals surface area contributed by atoms with Crippen LogP contribution in [0, 0.1) is 29.1 Å². The molecule has 2 rings (SSSR count). The second-order valence-electron chi connectivity index (χ2n) is 7.44. The number of amides is 1. The molecule has 0 bridgehead atoms. The summed E-state index contributed by atoms with van der Waals surface area (Å²) in [5, 5.41) is 14.0. The number of esters is 1. The van der Waals surface area contributed by atoms with Gasteiger partial charge in [-0.2, -0.15) is 18.4 Å². The second kappa shape index (κ2) is 10.2. The largest absolute Gasteiger partial charge is 0.452 e. The molecular formula is C21H21BrF3N3O3. The maximum atomic E-state index is 14.5. The van der Waals surface area contributed by atoms with Crippen LogP contribution in [0.15, 0.2) is 28.7 Å². The molecule has 0 aliphatic carbocycles. The molecule has 1 heterocycles. The Morgan fingerprint density at radius 2 is 1.97 bits per heavy atom. The molecule has 6 nitrogen and oxygen atoms in total. The van der Waals surface area contributed by atoms with Crippen LogP contribution in [0.1, 0.15) is 32.3 Å². The van der Waals surface area contributed by atoms with E-state index in [9.17, 15) is 28.0 Å². The Balaban J connectivity index is 2.66. The van der Waals surface area contributed by atoms with Gasteiger partial charge in [0.2, 0.25) is 11.4 Å². The fraction of sp³-hybridized carbons (Fsp3) is 0.476. The van der Waals surface area contributed by atoms with E-state index in [-0.39, 0.29) is 17.9 Å². The molecule has 166 valence electrons. The molecule has 1 aliphatic rings. The lowest BCUT2D eigenvalue weighted by Crippen LogP contribution is -2.61. The standard InChI is InChI=1S/C21H21BrF3N3O3/c1-13(2)10-17-19(30)27-16(12-26)11-18(29)31-9-3-8-20(28-17,21(23,24)25)14-4-6-15(22)7-5-14/h4-7,13,16-17,28H,9-11H2,1-2H3,(H,27,30)/t16-,17-,20-/m0/s1. The van der Waals surface area contributed by atoms with Crippen LogP contribution in [-0.4, -0.2) is 36.7 Å². The van der Waals surface area contributed by atoms with Crippen molar-refractivity contribution in [2.45, 2.75) is 50.5 Å². The number of carbonyl (C=O) groups excluding carboxylic acids is 2. The van der Waals surface area contributed by atoms with Gasteiger partial charge in [0, 0.05) is 4.47 Å². The van der Waals surface area contributed by atoms with Gasteiger partial charge in [-0.15, -0.1) is 0 Å². The van der Waals surface area contributed by atoms with E-state index in [0.29, 0.717) is 4.47 Å². The van der Waals surface area contributed by atoms with Gasteiger partial charge < -0.3 is 10.1 Å². The molecule has 1 aromatic rings. The monoisotopic (exact) mass is 499 g/mol. The number of halogens is 4. The van der Waals surface area contributed by atoms with Crippen LogP contribution in [0.3, 0.4) is 0 Å². The van der Waals surface area contributed by atoms with Crippen LogP contribution in [0.4, 0.5) is 13.2 Å². The van der Waals surface area contributed by atoms with Crippen LogP contribution < -0.4 is 10.6 Å². The molecule has 0 spiro atoms. The molecular weight excluding hydrogens is 479 g/mol. The SMILES string of the molecule is CC(C)C[C@@H]1N[C@@](c2ccc(Br)cc2)(C(F)(F)F)C#CCOC(=O)C[C@@H](C#N)NC1=O. The quantitative estimate of drug-likeness (QED) is 0.492. The van der Waals surface area contributed by atoms with Gasteiger partial charge in [-0.25, -0.2) is 0 Å². The van der Waals surface area contributed by atoms with Gasteiger partial charge in [0.15, 0.2) is 6.61 Å². The van der Waals surface area contributed by atoms with Crippen molar-refractivity contribution in [1.29, 1.82) is 5.26 Å². The zero-order chi connectivity index (χ0) is 23.2. The van der Waals surface area contributed by atoms with E-state index in [1.165, 1.54) is 24.3 Å². The smallest absolute Gasteiger partial charge is 0.422 e. The van der Waals surface area contributed by atoms with Crippen molar-refractivity contribution in [2.24, 2.45) is 5.92 Å². The van der Waals surface area contributed by atoms with Crippen molar-refractivity contribution in [1.82, 2.24) is 10.6 Å². The maximum Gasteiger partial charge on any atom is 0.422 e. The van der Waals surface area contributed by atoms with E-state index < -0.39 is 48.7 Å². The highest BCUT2D eigenvalue weighted by molar-refractivity contribution is 9.10. The number of benzene rings is 1. The first-order valence-corrected chi connectivity index (χ1v) is 10.2. The zero-order valence-corrected chi connectivity index (χ0v) is 18.4. The summed E-state index contributed by atoms with van der Waals surface area (Å²) in [5.74, 6) is 2.61. The van der Waals surface area contributed by atoms with Gasteiger partial charge in [-0.05, 0) is 30.0 Å². The van der Waals surface area contributed by atoms with Crippen molar-refractivity contribution < 1.29 is 27.5 Å². The molecule has 3 atom stereocenters. The van der Waals surface area contributed by atoms with Gasteiger partial charge in [0.25, 0.3) is 0 Å². The second-order valence-corrected chi connectivity index (χ2v) is 8.35. The Hall–Kier alpha value is -2.56. The highest BCUT2D eigenvalue weighted by Crippen LogP contribution is 2.40. The molecule has 0 saturated heterocycles. The van der Waals surface area contributed by atoms with Crippen LogP contribution in [0.5, 0.6) is 0 Å². The number of nitrogens with one attached hydrogen (secondary N) is 2.